The molecule has 1 rings (SSSR count). The molecule has 0 spiro atoms. The fourth-order valence-electron chi connectivity index (χ4n) is 1.47. The predicted octanol–water partition coefficient (Wildman–Crippen LogP) is 2.20. The van der Waals surface area contributed by atoms with Crippen LogP contribution < -0.4 is 10.1 Å². The summed E-state index contributed by atoms with van der Waals surface area (Å²) < 4.78 is 18.4. The zero-order chi connectivity index (χ0) is 13.4. The second kappa shape index (κ2) is 8.06. The summed E-state index contributed by atoms with van der Waals surface area (Å²) in [5.41, 5.74) is 0. The van der Waals surface area contributed by atoms with E-state index in [2.05, 4.69) is 19.2 Å². The number of para-hydroxylation sites is 1. The van der Waals surface area contributed by atoms with E-state index in [1.54, 1.807) is 18.2 Å². The van der Waals surface area contributed by atoms with Gasteiger partial charge in [-0.15, -0.1) is 0 Å². The first kappa shape index (κ1) is 14.9. The molecule has 3 nitrogen and oxygen atoms in total. The van der Waals surface area contributed by atoms with Gasteiger partial charge in [0.25, 0.3) is 0 Å². The molecule has 0 aliphatic carbocycles. The van der Waals surface area contributed by atoms with Crippen LogP contribution in [0.2, 0.25) is 0 Å². The molecule has 1 aromatic rings. The molecule has 2 N–H and O–H groups in total. The fourth-order valence-corrected chi connectivity index (χ4v) is 1.47. The van der Waals surface area contributed by atoms with E-state index < -0.39 is 11.9 Å². The summed E-state index contributed by atoms with van der Waals surface area (Å²) in [7, 11) is 0. The average Bonchev–Trinajstić information content (AvgIpc) is 2.33. The Balaban J connectivity index is 2.17. The number of benzene rings is 1. The number of nitrogens with one attached hydrogen (secondary N) is 1. The monoisotopic (exact) mass is 255 g/mol. The third kappa shape index (κ3) is 5.98. The number of aliphatic hydroxyl groups excluding tert-OH is 1. The zero-order valence-corrected chi connectivity index (χ0v) is 11.0. The normalized spacial score (nSPS) is 12.7. The van der Waals surface area contributed by atoms with Crippen LogP contribution in [-0.4, -0.2) is 30.9 Å². The van der Waals surface area contributed by atoms with E-state index in [1.807, 2.05) is 0 Å². The van der Waals surface area contributed by atoms with Gasteiger partial charge in [-0.3, -0.25) is 0 Å². The van der Waals surface area contributed by atoms with Gasteiger partial charge in [-0.25, -0.2) is 4.39 Å². The van der Waals surface area contributed by atoms with Gasteiger partial charge >= 0.3 is 0 Å². The van der Waals surface area contributed by atoms with Gasteiger partial charge in [-0.05, 0) is 31.0 Å². The molecule has 1 unspecified atom stereocenters. The van der Waals surface area contributed by atoms with Crippen LogP contribution in [0.1, 0.15) is 20.3 Å². The maximum atomic E-state index is 13.2. The van der Waals surface area contributed by atoms with Crippen molar-refractivity contribution in [2.45, 2.75) is 26.4 Å². The summed E-state index contributed by atoms with van der Waals surface area (Å²) in [6, 6.07) is 6.19. The van der Waals surface area contributed by atoms with Crippen molar-refractivity contribution in [3.63, 3.8) is 0 Å². The minimum absolute atomic E-state index is 0.0929. The smallest absolute Gasteiger partial charge is 0.165 e. The molecule has 0 heterocycles. The Hall–Kier alpha value is -1.13. The minimum atomic E-state index is -0.628. The van der Waals surface area contributed by atoms with Gasteiger partial charge in [0.1, 0.15) is 12.7 Å². The lowest BCUT2D eigenvalue weighted by Crippen LogP contribution is -2.32. The molecule has 1 atom stereocenters. The molecule has 0 radical (unpaired) electrons. The highest BCUT2D eigenvalue weighted by Crippen LogP contribution is 2.15. The maximum Gasteiger partial charge on any atom is 0.165 e. The molecule has 0 amide bonds. The average molecular weight is 255 g/mol. The highest BCUT2D eigenvalue weighted by molar-refractivity contribution is 5.23. The number of ether oxygens (including phenoxy) is 1. The van der Waals surface area contributed by atoms with E-state index in [0.717, 1.165) is 13.0 Å². The Labute approximate surface area is 108 Å². The van der Waals surface area contributed by atoms with Gasteiger partial charge in [-0.2, -0.15) is 0 Å². The molecule has 18 heavy (non-hydrogen) atoms. The van der Waals surface area contributed by atoms with Crippen LogP contribution in [-0.2, 0) is 0 Å². The van der Waals surface area contributed by atoms with Gasteiger partial charge in [-0.1, -0.05) is 26.0 Å². The van der Waals surface area contributed by atoms with Gasteiger partial charge in [0.2, 0.25) is 0 Å². The molecule has 1 aromatic carbocycles. The number of hydrogen-bond acceptors (Lipinski definition) is 3. The zero-order valence-electron chi connectivity index (χ0n) is 11.0. The molecular weight excluding hydrogens is 233 g/mol. The largest absolute Gasteiger partial charge is 0.488 e. The van der Waals surface area contributed by atoms with Gasteiger partial charge in [0.05, 0.1) is 0 Å². The fraction of sp³-hybridized carbons (Fsp3) is 0.571. The van der Waals surface area contributed by atoms with Crippen molar-refractivity contribution in [3.05, 3.63) is 30.1 Å². The number of halogens is 1. The Kier molecular flexibility index (Phi) is 6.68. The van der Waals surface area contributed by atoms with Crippen LogP contribution in [0.15, 0.2) is 24.3 Å². The second-order valence-corrected chi connectivity index (χ2v) is 4.78. The molecule has 102 valence electrons. The van der Waals surface area contributed by atoms with Crippen LogP contribution in [0.25, 0.3) is 0 Å². The van der Waals surface area contributed by atoms with E-state index in [1.165, 1.54) is 6.07 Å². The lowest BCUT2D eigenvalue weighted by atomic mass is 10.1. The quantitative estimate of drug-likeness (QED) is 0.700. The molecule has 0 saturated heterocycles. The first-order chi connectivity index (χ1) is 8.59. The lowest BCUT2D eigenvalue weighted by molar-refractivity contribution is 0.104. The lowest BCUT2D eigenvalue weighted by Gasteiger charge is -2.14. The number of rotatable bonds is 8. The van der Waals surface area contributed by atoms with E-state index in [9.17, 15) is 9.50 Å². The molecule has 0 fully saturated rings. The van der Waals surface area contributed by atoms with Crippen molar-refractivity contribution in [1.29, 1.82) is 0 Å². The highest BCUT2D eigenvalue weighted by Gasteiger charge is 2.07. The molecule has 0 saturated carbocycles. The van der Waals surface area contributed by atoms with Crippen molar-refractivity contribution in [2.24, 2.45) is 5.92 Å². The number of hydrogen-bond donors (Lipinski definition) is 2. The first-order valence-corrected chi connectivity index (χ1v) is 6.35. The summed E-state index contributed by atoms with van der Waals surface area (Å²) in [4.78, 5) is 0. The Bertz CT molecular complexity index is 344. The summed E-state index contributed by atoms with van der Waals surface area (Å²) >= 11 is 0. The van der Waals surface area contributed by atoms with E-state index >= 15 is 0 Å². The SMILES string of the molecule is CC(C)CCNCC(O)COc1ccccc1F. The Morgan fingerprint density at radius 2 is 2.06 bits per heavy atom. The molecule has 4 heteroatoms. The second-order valence-electron chi connectivity index (χ2n) is 4.78. The highest BCUT2D eigenvalue weighted by atomic mass is 19.1. The summed E-state index contributed by atoms with van der Waals surface area (Å²) in [5.74, 6) is 0.417. The van der Waals surface area contributed by atoms with Crippen LogP contribution in [0.4, 0.5) is 4.39 Å². The summed E-state index contributed by atoms with van der Waals surface area (Å²) in [6.07, 6.45) is 0.442. The Morgan fingerprint density at radius 1 is 1.33 bits per heavy atom. The predicted molar refractivity (Wildman–Crippen MR) is 70.2 cm³/mol. The molecular formula is C14H22FNO2. The van der Waals surface area contributed by atoms with Crippen molar-refractivity contribution in [3.8, 4) is 5.75 Å². The van der Waals surface area contributed by atoms with Crippen molar-refractivity contribution >= 4 is 0 Å². The van der Waals surface area contributed by atoms with Gasteiger partial charge < -0.3 is 15.2 Å². The summed E-state index contributed by atoms with van der Waals surface area (Å²) in [5, 5.41) is 12.8. The maximum absolute atomic E-state index is 13.2. The van der Waals surface area contributed by atoms with E-state index in [4.69, 9.17) is 4.74 Å². The van der Waals surface area contributed by atoms with Crippen LogP contribution in [0.3, 0.4) is 0 Å². The van der Waals surface area contributed by atoms with E-state index in [0.29, 0.717) is 12.5 Å². The van der Waals surface area contributed by atoms with Gasteiger partial charge in [0.15, 0.2) is 11.6 Å². The first-order valence-electron chi connectivity index (χ1n) is 6.35. The third-order valence-electron chi connectivity index (χ3n) is 2.55. The van der Waals surface area contributed by atoms with Crippen LogP contribution in [0, 0.1) is 11.7 Å². The van der Waals surface area contributed by atoms with E-state index in [-0.39, 0.29) is 12.4 Å². The third-order valence-corrected chi connectivity index (χ3v) is 2.55. The van der Waals surface area contributed by atoms with Gasteiger partial charge in [0, 0.05) is 6.54 Å². The topological polar surface area (TPSA) is 41.5 Å². The van der Waals surface area contributed by atoms with Crippen LogP contribution >= 0.6 is 0 Å². The summed E-state index contributed by atoms with van der Waals surface area (Å²) in [6.45, 7) is 5.73. The minimum Gasteiger partial charge on any atom is -0.488 e. The number of aliphatic hydroxyl groups is 1. The molecule has 0 aromatic heterocycles. The van der Waals surface area contributed by atoms with Crippen molar-refractivity contribution in [2.75, 3.05) is 19.7 Å². The molecule has 0 aliphatic rings. The standard InChI is InChI=1S/C14H22FNO2/c1-11(2)7-8-16-9-12(17)10-18-14-6-4-3-5-13(14)15/h3-6,11-12,16-17H,7-10H2,1-2H3. The van der Waals surface area contributed by atoms with Crippen LogP contribution in [0.5, 0.6) is 5.75 Å². The molecule has 0 aliphatic heterocycles. The van der Waals surface area contributed by atoms with Crippen molar-refractivity contribution in [1.82, 2.24) is 5.32 Å². The Morgan fingerprint density at radius 3 is 2.72 bits per heavy atom. The molecule has 0 bridgehead atoms. The van der Waals surface area contributed by atoms with Crippen molar-refractivity contribution < 1.29 is 14.2 Å².